The van der Waals surface area contributed by atoms with Gasteiger partial charge >= 0.3 is 0 Å². The van der Waals surface area contributed by atoms with E-state index in [-0.39, 0.29) is 5.91 Å². The average Bonchev–Trinajstić information content (AvgIpc) is 2.73. The van der Waals surface area contributed by atoms with E-state index >= 15 is 0 Å². The molecule has 0 saturated heterocycles. The van der Waals surface area contributed by atoms with E-state index in [9.17, 15) is 4.79 Å². The smallest absolute Gasteiger partial charge is 0.254 e. The second-order valence-corrected chi connectivity index (χ2v) is 6.20. The molecular weight excluding hydrogens is 380 g/mol. The summed E-state index contributed by atoms with van der Waals surface area (Å²) in [7, 11) is 3.15. The van der Waals surface area contributed by atoms with Gasteiger partial charge in [-0.3, -0.25) is 4.79 Å². The predicted molar refractivity (Wildman–Crippen MR) is 107 cm³/mol. The Balaban J connectivity index is 1.65. The quantitative estimate of drug-likeness (QED) is 0.629. The van der Waals surface area contributed by atoms with Crippen molar-refractivity contribution < 1.29 is 14.3 Å². The first-order valence-electron chi connectivity index (χ1n) is 8.43. The van der Waals surface area contributed by atoms with E-state index in [4.69, 9.17) is 21.1 Å². The van der Waals surface area contributed by atoms with E-state index in [1.165, 1.54) is 12.4 Å². The van der Waals surface area contributed by atoms with Crippen LogP contribution in [0, 0.1) is 0 Å². The summed E-state index contributed by atoms with van der Waals surface area (Å²) in [6, 6.07) is 12.7. The zero-order chi connectivity index (χ0) is 19.9. The molecule has 1 heterocycles. The van der Waals surface area contributed by atoms with Crippen molar-refractivity contribution in [2.75, 3.05) is 19.5 Å². The molecule has 0 aliphatic carbocycles. The number of carbonyl (C=O) groups is 1. The molecule has 7 nitrogen and oxygen atoms in total. The maximum absolute atomic E-state index is 12.3. The molecule has 1 aromatic heterocycles. The molecule has 8 heteroatoms. The molecular formula is C20H19ClN4O3. The molecule has 3 aromatic rings. The summed E-state index contributed by atoms with van der Waals surface area (Å²) in [5.41, 5.74) is 1.85. The number of para-hydroxylation sites is 1. The third-order valence-corrected chi connectivity index (χ3v) is 4.19. The monoisotopic (exact) mass is 398 g/mol. The number of rotatable bonds is 7. The highest BCUT2D eigenvalue weighted by Gasteiger charge is 2.10. The number of anilines is 2. The standard InChI is InChI=1S/C20H19ClN4O3/c1-27-17-6-4-3-5-13(17)10-22-19(26)14-11-23-20(24-12-14)25-16-9-15(21)7-8-18(16)28-2/h3-9,11-12H,10H2,1-2H3,(H,22,26)(H,23,24,25). The normalized spacial score (nSPS) is 10.2. The van der Waals surface area contributed by atoms with Crippen molar-refractivity contribution in [3.05, 3.63) is 71.0 Å². The number of halogens is 1. The molecule has 3 rings (SSSR count). The lowest BCUT2D eigenvalue weighted by Crippen LogP contribution is -2.23. The van der Waals surface area contributed by atoms with Crippen LogP contribution in [-0.4, -0.2) is 30.1 Å². The number of hydrogen-bond acceptors (Lipinski definition) is 6. The van der Waals surface area contributed by atoms with Gasteiger partial charge in [0.05, 0.1) is 25.5 Å². The first-order chi connectivity index (χ1) is 13.6. The van der Waals surface area contributed by atoms with E-state index in [0.29, 0.717) is 40.3 Å². The number of nitrogens with zero attached hydrogens (tertiary/aromatic N) is 2. The molecule has 2 aromatic carbocycles. The molecule has 0 bridgehead atoms. The van der Waals surface area contributed by atoms with Gasteiger partial charge in [-0.1, -0.05) is 29.8 Å². The zero-order valence-corrected chi connectivity index (χ0v) is 16.2. The van der Waals surface area contributed by atoms with E-state index in [1.54, 1.807) is 32.4 Å². The van der Waals surface area contributed by atoms with Crippen LogP contribution in [-0.2, 0) is 6.54 Å². The van der Waals surface area contributed by atoms with Crippen LogP contribution in [0.2, 0.25) is 5.02 Å². The lowest BCUT2D eigenvalue weighted by atomic mass is 10.2. The molecule has 0 radical (unpaired) electrons. The predicted octanol–water partition coefficient (Wildman–Crippen LogP) is 3.82. The minimum atomic E-state index is -0.280. The molecule has 144 valence electrons. The highest BCUT2D eigenvalue weighted by Crippen LogP contribution is 2.29. The maximum atomic E-state index is 12.3. The number of benzene rings is 2. The van der Waals surface area contributed by atoms with Gasteiger partial charge in [-0.05, 0) is 24.3 Å². The van der Waals surface area contributed by atoms with Crippen molar-refractivity contribution in [2.24, 2.45) is 0 Å². The van der Waals surface area contributed by atoms with Crippen LogP contribution >= 0.6 is 11.6 Å². The van der Waals surface area contributed by atoms with Gasteiger partial charge in [-0.2, -0.15) is 0 Å². The number of carbonyl (C=O) groups excluding carboxylic acids is 1. The van der Waals surface area contributed by atoms with Gasteiger partial charge in [0.2, 0.25) is 5.95 Å². The Hall–Kier alpha value is -3.32. The van der Waals surface area contributed by atoms with Crippen molar-refractivity contribution in [3.63, 3.8) is 0 Å². The summed E-state index contributed by atoms with van der Waals surface area (Å²) in [5.74, 6) is 1.36. The van der Waals surface area contributed by atoms with E-state index in [2.05, 4.69) is 20.6 Å². The topological polar surface area (TPSA) is 85.4 Å². The van der Waals surface area contributed by atoms with Crippen LogP contribution in [0.3, 0.4) is 0 Å². The van der Waals surface area contributed by atoms with Crippen LogP contribution in [0.1, 0.15) is 15.9 Å². The second kappa shape index (κ2) is 9.05. The maximum Gasteiger partial charge on any atom is 0.254 e. The lowest BCUT2D eigenvalue weighted by Gasteiger charge is -2.11. The molecule has 0 unspecified atom stereocenters. The molecule has 1 amide bonds. The summed E-state index contributed by atoms with van der Waals surface area (Å²) in [6.07, 6.45) is 2.90. The summed E-state index contributed by atoms with van der Waals surface area (Å²) in [4.78, 5) is 20.7. The van der Waals surface area contributed by atoms with Crippen molar-refractivity contribution in [3.8, 4) is 11.5 Å². The summed E-state index contributed by atoms with van der Waals surface area (Å²) in [6.45, 7) is 0.336. The third kappa shape index (κ3) is 4.69. The van der Waals surface area contributed by atoms with Gasteiger partial charge in [0, 0.05) is 29.5 Å². The molecule has 0 atom stereocenters. The Labute approximate surface area is 167 Å². The van der Waals surface area contributed by atoms with Gasteiger partial charge < -0.3 is 20.1 Å². The highest BCUT2D eigenvalue weighted by molar-refractivity contribution is 6.31. The van der Waals surface area contributed by atoms with Gasteiger partial charge in [0.25, 0.3) is 5.91 Å². The SMILES string of the molecule is COc1ccccc1CNC(=O)c1cnc(Nc2cc(Cl)ccc2OC)nc1. The van der Waals surface area contributed by atoms with Crippen LogP contribution in [0.25, 0.3) is 0 Å². The lowest BCUT2D eigenvalue weighted by molar-refractivity contribution is 0.0950. The second-order valence-electron chi connectivity index (χ2n) is 5.76. The fourth-order valence-electron chi connectivity index (χ4n) is 2.53. The Morgan fingerprint density at radius 3 is 2.46 bits per heavy atom. The number of amides is 1. The van der Waals surface area contributed by atoms with Crippen LogP contribution in [0.4, 0.5) is 11.6 Å². The van der Waals surface area contributed by atoms with Crippen molar-refractivity contribution in [1.29, 1.82) is 0 Å². The number of aromatic nitrogens is 2. The molecule has 0 aliphatic heterocycles. The molecule has 0 spiro atoms. The molecule has 0 fully saturated rings. The minimum Gasteiger partial charge on any atom is -0.496 e. The molecule has 0 aliphatic rings. The van der Waals surface area contributed by atoms with Crippen molar-refractivity contribution in [1.82, 2.24) is 15.3 Å². The Bertz CT molecular complexity index is 964. The van der Waals surface area contributed by atoms with Gasteiger partial charge in [-0.25, -0.2) is 9.97 Å². The van der Waals surface area contributed by atoms with Gasteiger partial charge in [-0.15, -0.1) is 0 Å². The van der Waals surface area contributed by atoms with E-state index in [1.807, 2.05) is 24.3 Å². The zero-order valence-electron chi connectivity index (χ0n) is 15.4. The van der Waals surface area contributed by atoms with Crippen LogP contribution < -0.4 is 20.1 Å². The number of ether oxygens (including phenoxy) is 2. The largest absolute Gasteiger partial charge is 0.496 e. The van der Waals surface area contributed by atoms with Crippen molar-refractivity contribution >= 4 is 29.1 Å². The van der Waals surface area contributed by atoms with Gasteiger partial charge in [0.1, 0.15) is 11.5 Å². The van der Waals surface area contributed by atoms with Crippen molar-refractivity contribution in [2.45, 2.75) is 6.54 Å². The average molecular weight is 399 g/mol. The molecule has 28 heavy (non-hydrogen) atoms. The minimum absolute atomic E-state index is 0.280. The first-order valence-corrected chi connectivity index (χ1v) is 8.81. The fraction of sp³-hybridized carbons (Fsp3) is 0.150. The Morgan fingerprint density at radius 1 is 1.04 bits per heavy atom. The summed E-state index contributed by atoms with van der Waals surface area (Å²) >= 11 is 6.02. The number of hydrogen-bond donors (Lipinski definition) is 2. The summed E-state index contributed by atoms with van der Waals surface area (Å²) in [5, 5.41) is 6.40. The third-order valence-electron chi connectivity index (χ3n) is 3.95. The molecule has 2 N–H and O–H groups in total. The number of nitrogens with one attached hydrogen (secondary N) is 2. The highest BCUT2D eigenvalue weighted by atomic mass is 35.5. The van der Waals surface area contributed by atoms with Gasteiger partial charge in [0.15, 0.2) is 0 Å². The van der Waals surface area contributed by atoms with Crippen LogP contribution in [0.15, 0.2) is 54.9 Å². The Kier molecular flexibility index (Phi) is 6.29. The van der Waals surface area contributed by atoms with Crippen LogP contribution in [0.5, 0.6) is 11.5 Å². The first kappa shape index (κ1) is 19.4. The van der Waals surface area contributed by atoms with E-state index in [0.717, 1.165) is 5.56 Å². The fourth-order valence-corrected chi connectivity index (χ4v) is 2.71. The number of methoxy groups -OCH3 is 2. The molecule has 0 saturated carbocycles. The summed E-state index contributed by atoms with van der Waals surface area (Å²) < 4.78 is 10.6. The van der Waals surface area contributed by atoms with E-state index < -0.39 is 0 Å². The Morgan fingerprint density at radius 2 is 1.75 bits per heavy atom.